The van der Waals surface area contributed by atoms with Gasteiger partial charge in [0.2, 0.25) is 5.91 Å². The molecule has 4 rings (SSSR count). The number of rotatable bonds is 1. The molecule has 1 atom stereocenters. The highest BCUT2D eigenvalue weighted by molar-refractivity contribution is 8.00. The van der Waals surface area contributed by atoms with Gasteiger partial charge in [-0.15, -0.1) is 22.0 Å². The Morgan fingerprint density at radius 2 is 2.17 bits per heavy atom. The maximum absolute atomic E-state index is 12.8. The Hall–Kier alpha value is -2.35. The fraction of sp³-hybridized carbons (Fsp3) is 0.375. The van der Waals surface area contributed by atoms with E-state index in [1.165, 1.54) is 11.8 Å². The van der Waals surface area contributed by atoms with Crippen LogP contribution < -0.4 is 5.32 Å². The fourth-order valence-corrected chi connectivity index (χ4v) is 3.93. The second-order valence-corrected chi connectivity index (χ2v) is 7.38. The second-order valence-electron chi connectivity index (χ2n) is 6.00. The number of hydrogen-bond acceptors (Lipinski definition) is 5. The molecule has 24 heavy (non-hydrogen) atoms. The molecule has 2 aliphatic heterocycles. The number of benzene rings is 1. The number of nitrogens with one attached hydrogen (secondary N) is 1. The van der Waals surface area contributed by atoms with Crippen molar-refractivity contribution in [1.82, 2.24) is 19.7 Å². The summed E-state index contributed by atoms with van der Waals surface area (Å²) in [6.07, 6.45) is 0. The van der Waals surface area contributed by atoms with Gasteiger partial charge < -0.3 is 14.8 Å². The summed E-state index contributed by atoms with van der Waals surface area (Å²) in [6.45, 7) is 5.57. The Morgan fingerprint density at radius 1 is 1.33 bits per heavy atom. The zero-order chi connectivity index (χ0) is 16.8. The quantitative estimate of drug-likeness (QED) is 0.852. The lowest BCUT2D eigenvalue weighted by Gasteiger charge is -2.28. The first-order valence-corrected chi connectivity index (χ1v) is 8.70. The molecule has 0 unspecified atom stereocenters. The van der Waals surface area contributed by atoms with E-state index in [-0.39, 0.29) is 17.1 Å². The summed E-state index contributed by atoms with van der Waals surface area (Å²) < 4.78 is 2.04. The summed E-state index contributed by atoms with van der Waals surface area (Å²) in [6, 6.07) is 5.49. The lowest BCUT2D eigenvalue weighted by Crippen LogP contribution is -2.38. The van der Waals surface area contributed by atoms with Crippen molar-refractivity contribution in [2.75, 3.05) is 11.9 Å². The van der Waals surface area contributed by atoms with Crippen molar-refractivity contribution in [3.05, 3.63) is 35.4 Å². The molecule has 0 saturated carbocycles. The summed E-state index contributed by atoms with van der Waals surface area (Å²) >= 11 is 1.51. The van der Waals surface area contributed by atoms with E-state index < -0.39 is 0 Å². The van der Waals surface area contributed by atoms with E-state index in [9.17, 15) is 9.59 Å². The SMILES string of the molecule is Cc1nnc2n1CCN(C(=O)c1ccc3c(c1)NC(=O)[C@@H](C)S3)C2. The van der Waals surface area contributed by atoms with Gasteiger partial charge in [0.1, 0.15) is 5.82 Å². The first-order valence-electron chi connectivity index (χ1n) is 7.82. The normalized spacial score (nSPS) is 19.5. The molecule has 2 amide bonds. The standard InChI is InChI=1S/C16H17N5O2S/c1-9-15(22)17-12-7-11(3-4-13(12)24-9)16(23)20-5-6-21-10(2)18-19-14(21)8-20/h3-4,7,9H,5-6,8H2,1-2H3,(H,17,22)/t9-/m1/s1. The molecular formula is C16H17N5O2S. The molecule has 0 saturated heterocycles. The van der Waals surface area contributed by atoms with Crippen molar-refractivity contribution in [2.24, 2.45) is 0 Å². The minimum atomic E-state index is -0.115. The summed E-state index contributed by atoms with van der Waals surface area (Å²) in [5.41, 5.74) is 1.29. The van der Waals surface area contributed by atoms with E-state index in [2.05, 4.69) is 15.5 Å². The fourth-order valence-electron chi connectivity index (χ4n) is 3.00. The van der Waals surface area contributed by atoms with Crippen molar-refractivity contribution >= 4 is 29.3 Å². The van der Waals surface area contributed by atoms with Crippen LogP contribution in [-0.4, -0.2) is 43.3 Å². The molecule has 7 nitrogen and oxygen atoms in total. The van der Waals surface area contributed by atoms with Gasteiger partial charge in [0.15, 0.2) is 5.82 Å². The molecule has 0 radical (unpaired) electrons. The number of hydrogen-bond donors (Lipinski definition) is 1. The first-order chi connectivity index (χ1) is 11.5. The van der Waals surface area contributed by atoms with Crippen LogP contribution in [-0.2, 0) is 17.9 Å². The van der Waals surface area contributed by atoms with Gasteiger partial charge in [0.25, 0.3) is 5.91 Å². The van der Waals surface area contributed by atoms with E-state index >= 15 is 0 Å². The van der Waals surface area contributed by atoms with Crippen molar-refractivity contribution < 1.29 is 9.59 Å². The van der Waals surface area contributed by atoms with Crippen LogP contribution in [0.1, 0.15) is 28.9 Å². The van der Waals surface area contributed by atoms with E-state index in [4.69, 9.17) is 0 Å². The summed E-state index contributed by atoms with van der Waals surface area (Å²) in [5.74, 6) is 1.60. The zero-order valence-corrected chi connectivity index (χ0v) is 14.3. The van der Waals surface area contributed by atoms with Crippen LogP contribution >= 0.6 is 11.8 Å². The van der Waals surface area contributed by atoms with Gasteiger partial charge in [-0.25, -0.2) is 0 Å². The van der Waals surface area contributed by atoms with Gasteiger partial charge in [0, 0.05) is 23.5 Å². The third-order valence-corrected chi connectivity index (χ3v) is 5.56. The predicted octanol–water partition coefficient (Wildman–Crippen LogP) is 1.68. The van der Waals surface area contributed by atoms with Gasteiger partial charge >= 0.3 is 0 Å². The van der Waals surface area contributed by atoms with Crippen LogP contribution in [0.3, 0.4) is 0 Å². The van der Waals surface area contributed by atoms with Crippen molar-refractivity contribution in [1.29, 1.82) is 0 Å². The highest BCUT2D eigenvalue weighted by Gasteiger charge is 2.27. The molecule has 0 aliphatic carbocycles. The number of aryl methyl sites for hydroxylation is 1. The number of amides is 2. The number of fused-ring (bicyclic) bond motifs is 2. The Balaban J connectivity index is 1.57. The summed E-state index contributed by atoms with van der Waals surface area (Å²) in [5, 5.41) is 10.9. The van der Waals surface area contributed by atoms with Crippen LogP contribution in [0, 0.1) is 6.92 Å². The molecule has 2 aliphatic rings. The average Bonchev–Trinajstić information content (AvgIpc) is 2.95. The Morgan fingerprint density at radius 3 is 3.00 bits per heavy atom. The highest BCUT2D eigenvalue weighted by atomic mass is 32.2. The highest BCUT2D eigenvalue weighted by Crippen LogP contribution is 2.36. The molecule has 1 N–H and O–H groups in total. The van der Waals surface area contributed by atoms with Gasteiger partial charge in [-0.3, -0.25) is 9.59 Å². The predicted molar refractivity (Wildman–Crippen MR) is 89.9 cm³/mol. The number of aromatic nitrogens is 3. The molecule has 1 aromatic carbocycles. The largest absolute Gasteiger partial charge is 0.329 e. The van der Waals surface area contributed by atoms with Crippen molar-refractivity contribution in [3.8, 4) is 0 Å². The Bertz CT molecular complexity index is 847. The molecule has 0 fully saturated rings. The monoisotopic (exact) mass is 343 g/mol. The number of carbonyl (C=O) groups is 2. The lowest BCUT2D eigenvalue weighted by atomic mass is 10.1. The van der Waals surface area contributed by atoms with E-state index in [0.717, 1.165) is 16.5 Å². The van der Waals surface area contributed by atoms with E-state index in [0.29, 0.717) is 30.9 Å². The summed E-state index contributed by atoms with van der Waals surface area (Å²) in [4.78, 5) is 27.4. The molecule has 0 spiro atoms. The van der Waals surface area contributed by atoms with Crippen molar-refractivity contribution in [2.45, 2.75) is 37.1 Å². The number of thioether (sulfide) groups is 1. The van der Waals surface area contributed by atoms with Crippen LogP contribution in [0.15, 0.2) is 23.1 Å². The first kappa shape index (κ1) is 15.2. The molecule has 124 valence electrons. The Labute approximate surface area is 143 Å². The molecular weight excluding hydrogens is 326 g/mol. The van der Waals surface area contributed by atoms with Crippen LogP contribution in [0.5, 0.6) is 0 Å². The smallest absolute Gasteiger partial charge is 0.254 e. The van der Waals surface area contributed by atoms with Crippen LogP contribution in [0.25, 0.3) is 0 Å². The third-order valence-electron chi connectivity index (χ3n) is 4.38. The van der Waals surface area contributed by atoms with Gasteiger partial charge in [-0.05, 0) is 32.0 Å². The minimum absolute atomic E-state index is 0.0290. The van der Waals surface area contributed by atoms with E-state index in [1.54, 1.807) is 11.0 Å². The van der Waals surface area contributed by atoms with Crippen molar-refractivity contribution in [3.63, 3.8) is 0 Å². The third kappa shape index (κ3) is 2.47. The van der Waals surface area contributed by atoms with Gasteiger partial charge in [0.05, 0.1) is 17.5 Å². The van der Waals surface area contributed by atoms with E-state index in [1.807, 2.05) is 30.5 Å². The average molecular weight is 343 g/mol. The van der Waals surface area contributed by atoms with Crippen LogP contribution in [0.2, 0.25) is 0 Å². The second kappa shape index (κ2) is 5.62. The summed E-state index contributed by atoms with van der Waals surface area (Å²) in [7, 11) is 0. The molecule has 0 bridgehead atoms. The number of carbonyl (C=O) groups excluding carboxylic acids is 2. The maximum Gasteiger partial charge on any atom is 0.254 e. The van der Waals surface area contributed by atoms with Gasteiger partial charge in [-0.1, -0.05) is 0 Å². The maximum atomic E-state index is 12.8. The van der Waals surface area contributed by atoms with Gasteiger partial charge in [-0.2, -0.15) is 0 Å². The topological polar surface area (TPSA) is 80.1 Å². The molecule has 8 heteroatoms. The molecule has 2 aromatic rings. The number of nitrogens with zero attached hydrogens (tertiary/aromatic N) is 4. The minimum Gasteiger partial charge on any atom is -0.329 e. The lowest BCUT2D eigenvalue weighted by molar-refractivity contribution is -0.115. The molecule has 1 aromatic heterocycles. The number of anilines is 1. The van der Waals surface area contributed by atoms with Crippen LogP contribution in [0.4, 0.5) is 5.69 Å². The zero-order valence-electron chi connectivity index (χ0n) is 13.4. The molecule has 3 heterocycles. The Kier molecular flexibility index (Phi) is 3.56.